The molecule has 1 aromatic rings. The lowest BCUT2D eigenvalue weighted by molar-refractivity contribution is -0.140. The summed E-state index contributed by atoms with van der Waals surface area (Å²) >= 11 is 5.18. The number of nitrogens with two attached hydrogens (primary N) is 1. The molecule has 0 spiro atoms. The van der Waals surface area contributed by atoms with Gasteiger partial charge in [-0.1, -0.05) is 26.1 Å². The maximum atomic E-state index is 13.0. The topological polar surface area (TPSA) is 59.5 Å². The molecule has 1 aromatic heterocycles. The molecule has 1 aliphatic carbocycles. The number of carbonyl (C=O) groups is 1. The van der Waals surface area contributed by atoms with E-state index in [1.165, 1.54) is 0 Å². The standard InChI is InChI=1S/C15H22N2O2S/c1-3-15(4-2,13(16)20)14(18)17(11-7-8-11)10-12-6-5-9-19-12/h5-6,9,11H,3-4,7-8,10H2,1-2H3,(H2,16,20). The molecule has 0 atom stereocenters. The molecular formula is C15H22N2O2S. The number of thiocarbonyl (C=S) groups is 1. The summed E-state index contributed by atoms with van der Waals surface area (Å²) in [5.41, 5.74) is 5.17. The quantitative estimate of drug-likeness (QED) is 0.786. The molecular weight excluding hydrogens is 272 g/mol. The van der Waals surface area contributed by atoms with Crippen LogP contribution in [0.5, 0.6) is 0 Å². The highest BCUT2D eigenvalue weighted by atomic mass is 32.1. The fraction of sp³-hybridized carbons (Fsp3) is 0.600. The molecule has 0 radical (unpaired) electrons. The fourth-order valence-corrected chi connectivity index (χ4v) is 2.98. The molecule has 4 nitrogen and oxygen atoms in total. The van der Waals surface area contributed by atoms with Crippen molar-refractivity contribution in [1.29, 1.82) is 0 Å². The summed E-state index contributed by atoms with van der Waals surface area (Å²) in [6, 6.07) is 4.04. The average molecular weight is 294 g/mol. The zero-order valence-electron chi connectivity index (χ0n) is 12.1. The van der Waals surface area contributed by atoms with Crippen molar-refractivity contribution in [2.45, 2.75) is 52.1 Å². The van der Waals surface area contributed by atoms with Gasteiger partial charge in [0.2, 0.25) is 5.91 Å². The number of amides is 1. The molecule has 1 aliphatic rings. The van der Waals surface area contributed by atoms with Gasteiger partial charge in [-0.05, 0) is 37.8 Å². The van der Waals surface area contributed by atoms with Gasteiger partial charge < -0.3 is 15.1 Å². The van der Waals surface area contributed by atoms with Gasteiger partial charge in [0.15, 0.2) is 0 Å². The first-order valence-electron chi connectivity index (χ1n) is 7.18. The first-order valence-corrected chi connectivity index (χ1v) is 7.59. The lowest BCUT2D eigenvalue weighted by Crippen LogP contribution is -2.50. The molecule has 110 valence electrons. The van der Waals surface area contributed by atoms with E-state index >= 15 is 0 Å². The van der Waals surface area contributed by atoms with Gasteiger partial charge in [-0.3, -0.25) is 4.79 Å². The Hall–Kier alpha value is -1.36. The second kappa shape index (κ2) is 5.95. The van der Waals surface area contributed by atoms with E-state index in [-0.39, 0.29) is 5.91 Å². The van der Waals surface area contributed by atoms with E-state index in [1.54, 1.807) is 6.26 Å². The first kappa shape index (κ1) is 15.0. The summed E-state index contributed by atoms with van der Waals surface area (Å²) < 4.78 is 5.37. The second-order valence-corrected chi connectivity index (χ2v) is 5.84. The number of rotatable bonds is 7. The Morgan fingerprint density at radius 3 is 2.55 bits per heavy atom. The van der Waals surface area contributed by atoms with E-state index in [2.05, 4.69) is 0 Å². The van der Waals surface area contributed by atoms with Crippen LogP contribution in [0.4, 0.5) is 0 Å². The Bertz CT molecular complexity index is 476. The zero-order valence-corrected chi connectivity index (χ0v) is 12.9. The highest BCUT2D eigenvalue weighted by Gasteiger charge is 2.45. The van der Waals surface area contributed by atoms with Gasteiger partial charge in [-0.2, -0.15) is 0 Å². The number of furan rings is 1. The van der Waals surface area contributed by atoms with Gasteiger partial charge in [-0.25, -0.2) is 0 Å². The number of carbonyl (C=O) groups excluding carboxylic acids is 1. The predicted octanol–water partition coefficient (Wildman–Crippen LogP) is 2.86. The smallest absolute Gasteiger partial charge is 0.236 e. The molecule has 5 heteroatoms. The van der Waals surface area contributed by atoms with Crippen molar-refractivity contribution in [1.82, 2.24) is 4.90 Å². The van der Waals surface area contributed by atoms with Crippen LogP contribution in [0.25, 0.3) is 0 Å². The average Bonchev–Trinajstić information content (AvgIpc) is 3.14. The third-order valence-corrected chi connectivity index (χ3v) is 4.63. The van der Waals surface area contributed by atoms with Crippen LogP contribution in [0, 0.1) is 5.41 Å². The minimum Gasteiger partial charge on any atom is -0.467 e. The van der Waals surface area contributed by atoms with Crippen LogP contribution in [0.1, 0.15) is 45.3 Å². The van der Waals surface area contributed by atoms with Crippen molar-refractivity contribution in [3.8, 4) is 0 Å². The van der Waals surface area contributed by atoms with E-state index in [0.29, 0.717) is 30.4 Å². The third kappa shape index (κ3) is 2.73. The molecule has 20 heavy (non-hydrogen) atoms. The van der Waals surface area contributed by atoms with Crippen LogP contribution < -0.4 is 5.73 Å². The van der Waals surface area contributed by atoms with Crippen LogP contribution in [0.2, 0.25) is 0 Å². The van der Waals surface area contributed by atoms with Crippen LogP contribution in [-0.2, 0) is 11.3 Å². The van der Waals surface area contributed by atoms with E-state index in [1.807, 2.05) is 30.9 Å². The maximum Gasteiger partial charge on any atom is 0.236 e. The SMILES string of the molecule is CCC(CC)(C(=O)N(Cc1ccco1)C1CC1)C(N)=S. The third-order valence-electron chi connectivity index (χ3n) is 4.24. The minimum absolute atomic E-state index is 0.0499. The minimum atomic E-state index is -0.718. The van der Waals surface area contributed by atoms with Gasteiger partial charge in [0.25, 0.3) is 0 Å². The molecule has 2 rings (SSSR count). The predicted molar refractivity (Wildman–Crippen MR) is 82.1 cm³/mol. The molecule has 0 bridgehead atoms. The summed E-state index contributed by atoms with van der Waals surface area (Å²) in [5.74, 6) is 0.850. The van der Waals surface area contributed by atoms with Crippen LogP contribution >= 0.6 is 12.2 Å². The molecule has 1 fully saturated rings. The van der Waals surface area contributed by atoms with Crippen molar-refractivity contribution in [2.75, 3.05) is 0 Å². The van der Waals surface area contributed by atoms with Gasteiger partial charge >= 0.3 is 0 Å². The molecule has 0 aromatic carbocycles. The highest BCUT2D eigenvalue weighted by molar-refractivity contribution is 7.80. The maximum absolute atomic E-state index is 13.0. The first-order chi connectivity index (χ1) is 9.55. The van der Waals surface area contributed by atoms with E-state index < -0.39 is 5.41 Å². The Balaban J connectivity index is 2.23. The molecule has 1 saturated carbocycles. The van der Waals surface area contributed by atoms with Gasteiger partial charge in [0, 0.05) is 6.04 Å². The highest BCUT2D eigenvalue weighted by Crippen LogP contribution is 2.36. The van der Waals surface area contributed by atoms with E-state index in [0.717, 1.165) is 18.6 Å². The lowest BCUT2D eigenvalue weighted by Gasteiger charge is -2.35. The number of nitrogens with zero attached hydrogens (tertiary/aromatic N) is 1. The molecule has 0 aliphatic heterocycles. The molecule has 0 saturated heterocycles. The van der Waals surface area contributed by atoms with Crippen molar-refractivity contribution in [3.63, 3.8) is 0 Å². The molecule has 2 N–H and O–H groups in total. The number of hydrogen-bond acceptors (Lipinski definition) is 3. The second-order valence-electron chi connectivity index (χ2n) is 5.40. The summed E-state index contributed by atoms with van der Waals surface area (Å²) in [6.07, 6.45) is 5.00. The van der Waals surface area contributed by atoms with Crippen LogP contribution in [-0.4, -0.2) is 21.8 Å². The Morgan fingerprint density at radius 1 is 1.50 bits per heavy atom. The Kier molecular flexibility index (Phi) is 4.48. The van der Waals surface area contributed by atoms with Crippen LogP contribution in [0.15, 0.2) is 22.8 Å². The lowest BCUT2D eigenvalue weighted by atomic mass is 9.80. The normalized spacial score (nSPS) is 15.1. The Morgan fingerprint density at radius 2 is 2.15 bits per heavy atom. The summed E-state index contributed by atoms with van der Waals surface area (Å²) in [4.78, 5) is 15.2. The summed E-state index contributed by atoms with van der Waals surface area (Å²) in [6.45, 7) is 4.44. The van der Waals surface area contributed by atoms with Crippen molar-refractivity contribution in [3.05, 3.63) is 24.2 Å². The van der Waals surface area contributed by atoms with Gasteiger partial charge in [-0.15, -0.1) is 0 Å². The monoisotopic (exact) mass is 294 g/mol. The zero-order chi connectivity index (χ0) is 14.8. The molecule has 1 heterocycles. The van der Waals surface area contributed by atoms with Crippen molar-refractivity contribution >= 4 is 23.1 Å². The Labute approximate surface area is 125 Å². The molecule has 1 amide bonds. The van der Waals surface area contributed by atoms with E-state index in [9.17, 15) is 4.79 Å². The largest absolute Gasteiger partial charge is 0.467 e. The fourth-order valence-electron chi connectivity index (χ4n) is 2.60. The van der Waals surface area contributed by atoms with Gasteiger partial charge in [0.1, 0.15) is 5.76 Å². The van der Waals surface area contributed by atoms with Crippen molar-refractivity contribution in [2.24, 2.45) is 11.1 Å². The molecule has 0 unspecified atom stereocenters. The van der Waals surface area contributed by atoms with Crippen molar-refractivity contribution < 1.29 is 9.21 Å². The summed E-state index contributed by atoms with van der Waals surface area (Å²) in [5, 5.41) is 0. The van der Waals surface area contributed by atoms with E-state index in [4.69, 9.17) is 22.4 Å². The van der Waals surface area contributed by atoms with Gasteiger partial charge in [0.05, 0.1) is 23.2 Å². The number of hydrogen-bond donors (Lipinski definition) is 1. The summed E-state index contributed by atoms with van der Waals surface area (Å²) in [7, 11) is 0. The van der Waals surface area contributed by atoms with Crippen LogP contribution in [0.3, 0.4) is 0 Å².